The molecule has 0 saturated heterocycles. The van der Waals surface area contributed by atoms with Crippen LogP contribution in [0.1, 0.15) is 31.9 Å². The van der Waals surface area contributed by atoms with E-state index < -0.39 is 41.5 Å². The van der Waals surface area contributed by atoms with Gasteiger partial charge in [-0.1, -0.05) is 30.7 Å². The summed E-state index contributed by atoms with van der Waals surface area (Å²) in [4.78, 5) is 38.4. The zero-order valence-corrected chi connectivity index (χ0v) is 17.4. The van der Waals surface area contributed by atoms with Crippen LogP contribution < -0.4 is 16.6 Å². The van der Waals surface area contributed by atoms with Gasteiger partial charge in [-0.3, -0.25) is 18.7 Å². The topological polar surface area (TPSA) is 73.1 Å². The fourth-order valence-corrected chi connectivity index (χ4v) is 3.36. The van der Waals surface area contributed by atoms with E-state index in [1.807, 2.05) is 6.92 Å². The molecule has 1 atom stereocenters. The molecule has 3 aromatic rings. The van der Waals surface area contributed by atoms with Crippen molar-refractivity contribution in [3.8, 4) is 0 Å². The van der Waals surface area contributed by atoms with Crippen molar-refractivity contribution in [1.82, 2.24) is 9.13 Å². The van der Waals surface area contributed by atoms with Crippen LogP contribution in [-0.2, 0) is 17.5 Å². The maximum atomic E-state index is 13.0. The Kier molecular flexibility index (Phi) is 6.26. The average molecular weight is 454 g/mol. The predicted molar refractivity (Wildman–Crippen MR) is 113 cm³/mol. The van der Waals surface area contributed by atoms with Crippen molar-refractivity contribution in [3.05, 3.63) is 73.9 Å². The van der Waals surface area contributed by atoms with Crippen molar-refractivity contribution in [2.24, 2.45) is 0 Å². The number of amides is 1. The minimum Gasteiger partial charge on any atom is -0.323 e. The first-order valence-corrected chi connectivity index (χ1v) is 9.83. The van der Waals surface area contributed by atoms with E-state index >= 15 is 0 Å². The van der Waals surface area contributed by atoms with Crippen LogP contribution >= 0.6 is 11.6 Å². The Labute approximate surface area is 179 Å². The molecule has 10 heteroatoms. The number of benzene rings is 2. The SMILES string of the molecule is CC[C@@H](C)n1c(=O)c2ccccc2n(CC(=O)Nc2cc(C(F)(F)F)ccc2Cl)c1=O. The molecule has 0 aliphatic rings. The summed E-state index contributed by atoms with van der Waals surface area (Å²) in [6.45, 7) is 3.02. The van der Waals surface area contributed by atoms with Crippen LogP contribution in [0.15, 0.2) is 52.1 Å². The Morgan fingerprint density at radius 3 is 2.48 bits per heavy atom. The fourth-order valence-electron chi connectivity index (χ4n) is 3.19. The monoisotopic (exact) mass is 453 g/mol. The Morgan fingerprint density at radius 2 is 1.84 bits per heavy atom. The van der Waals surface area contributed by atoms with Gasteiger partial charge in [0.15, 0.2) is 0 Å². The second-order valence-electron chi connectivity index (χ2n) is 7.06. The smallest absolute Gasteiger partial charge is 0.323 e. The second-order valence-corrected chi connectivity index (χ2v) is 7.47. The van der Waals surface area contributed by atoms with Crippen molar-refractivity contribution in [2.75, 3.05) is 5.32 Å². The summed E-state index contributed by atoms with van der Waals surface area (Å²) >= 11 is 5.93. The summed E-state index contributed by atoms with van der Waals surface area (Å²) in [5.41, 5.74) is -2.09. The summed E-state index contributed by atoms with van der Waals surface area (Å²) in [7, 11) is 0. The van der Waals surface area contributed by atoms with Gasteiger partial charge in [-0.2, -0.15) is 13.2 Å². The standard InChI is InChI=1S/C21H19ClF3N3O3/c1-3-12(2)28-19(30)14-6-4-5-7-17(14)27(20(28)31)11-18(29)26-16-10-13(21(23,24)25)8-9-15(16)22/h4-10,12H,3,11H2,1-2H3,(H,26,29)/t12-/m1/s1. The molecule has 0 saturated carbocycles. The maximum absolute atomic E-state index is 13.0. The maximum Gasteiger partial charge on any atom is 0.416 e. The van der Waals surface area contributed by atoms with Gasteiger partial charge in [0.2, 0.25) is 5.91 Å². The number of hydrogen-bond acceptors (Lipinski definition) is 3. The van der Waals surface area contributed by atoms with Gasteiger partial charge in [-0.05, 0) is 43.7 Å². The van der Waals surface area contributed by atoms with Crippen molar-refractivity contribution in [3.63, 3.8) is 0 Å². The lowest BCUT2D eigenvalue weighted by molar-refractivity contribution is -0.137. The van der Waals surface area contributed by atoms with Crippen LogP contribution in [-0.4, -0.2) is 15.0 Å². The van der Waals surface area contributed by atoms with E-state index in [1.54, 1.807) is 25.1 Å². The van der Waals surface area contributed by atoms with Gasteiger partial charge in [0.1, 0.15) is 6.54 Å². The molecule has 31 heavy (non-hydrogen) atoms. The Balaban J connectivity index is 2.04. The lowest BCUT2D eigenvalue weighted by Gasteiger charge is -2.18. The molecule has 1 aromatic heterocycles. The number of halogens is 4. The predicted octanol–water partition coefficient (Wildman–Crippen LogP) is 4.45. The summed E-state index contributed by atoms with van der Waals surface area (Å²) in [5, 5.41) is 2.50. The van der Waals surface area contributed by atoms with Crippen LogP contribution in [0.4, 0.5) is 18.9 Å². The summed E-state index contributed by atoms with van der Waals surface area (Å²) in [5.74, 6) is -0.761. The van der Waals surface area contributed by atoms with E-state index in [2.05, 4.69) is 5.32 Å². The van der Waals surface area contributed by atoms with E-state index in [9.17, 15) is 27.6 Å². The molecule has 3 rings (SSSR count). The lowest BCUT2D eigenvalue weighted by atomic mass is 10.2. The summed E-state index contributed by atoms with van der Waals surface area (Å²) in [6.07, 6.45) is -4.09. The number of fused-ring (bicyclic) bond motifs is 1. The van der Waals surface area contributed by atoms with Gasteiger partial charge >= 0.3 is 11.9 Å². The zero-order valence-electron chi connectivity index (χ0n) is 16.7. The highest BCUT2D eigenvalue weighted by Gasteiger charge is 2.31. The average Bonchev–Trinajstić information content (AvgIpc) is 2.71. The van der Waals surface area contributed by atoms with Gasteiger partial charge in [0, 0.05) is 6.04 Å². The minimum atomic E-state index is -4.61. The molecule has 164 valence electrons. The third-order valence-corrected chi connectivity index (χ3v) is 5.31. The van der Waals surface area contributed by atoms with Crippen molar-refractivity contribution >= 4 is 34.1 Å². The summed E-state index contributed by atoms with van der Waals surface area (Å²) < 4.78 is 41.1. The third-order valence-electron chi connectivity index (χ3n) is 4.98. The molecule has 0 spiro atoms. The second kappa shape index (κ2) is 8.58. The minimum absolute atomic E-state index is 0.0804. The molecule has 1 amide bonds. The number of para-hydroxylation sites is 1. The highest BCUT2D eigenvalue weighted by atomic mass is 35.5. The highest BCUT2D eigenvalue weighted by molar-refractivity contribution is 6.33. The van der Waals surface area contributed by atoms with Crippen LogP contribution in [0.2, 0.25) is 5.02 Å². The van der Waals surface area contributed by atoms with E-state index in [-0.39, 0.29) is 21.6 Å². The number of aromatic nitrogens is 2. The Hall–Kier alpha value is -3.07. The van der Waals surface area contributed by atoms with E-state index in [1.165, 1.54) is 6.07 Å². The van der Waals surface area contributed by atoms with Gasteiger partial charge in [0.05, 0.1) is 27.2 Å². The largest absolute Gasteiger partial charge is 0.416 e. The summed E-state index contributed by atoms with van der Waals surface area (Å²) in [6, 6.07) is 8.49. The van der Waals surface area contributed by atoms with Gasteiger partial charge in [-0.15, -0.1) is 0 Å². The quantitative estimate of drug-likeness (QED) is 0.620. The molecule has 1 N–H and O–H groups in total. The Morgan fingerprint density at radius 1 is 1.16 bits per heavy atom. The zero-order chi connectivity index (χ0) is 22.9. The van der Waals surface area contributed by atoms with Gasteiger partial charge in [-0.25, -0.2) is 4.79 Å². The van der Waals surface area contributed by atoms with Crippen molar-refractivity contribution in [1.29, 1.82) is 0 Å². The molecule has 2 aromatic carbocycles. The number of carbonyl (C=O) groups is 1. The molecule has 0 unspecified atom stereocenters. The van der Waals surface area contributed by atoms with Crippen molar-refractivity contribution in [2.45, 2.75) is 39.0 Å². The van der Waals surface area contributed by atoms with Crippen LogP contribution in [0.25, 0.3) is 10.9 Å². The molecule has 6 nitrogen and oxygen atoms in total. The normalized spacial score (nSPS) is 12.7. The van der Waals surface area contributed by atoms with Crippen LogP contribution in [0, 0.1) is 0 Å². The number of alkyl halides is 3. The molecule has 0 aliphatic heterocycles. The number of hydrogen-bond donors (Lipinski definition) is 1. The molecule has 1 heterocycles. The van der Waals surface area contributed by atoms with E-state index in [0.29, 0.717) is 6.42 Å². The van der Waals surface area contributed by atoms with Crippen LogP contribution in [0.5, 0.6) is 0 Å². The first-order valence-electron chi connectivity index (χ1n) is 9.45. The van der Waals surface area contributed by atoms with E-state index in [0.717, 1.165) is 27.3 Å². The first-order chi connectivity index (χ1) is 14.5. The number of nitrogens with zero attached hydrogens (tertiary/aromatic N) is 2. The number of rotatable bonds is 5. The molecule has 0 aliphatic carbocycles. The fraction of sp³-hybridized carbons (Fsp3) is 0.286. The molecular formula is C21H19ClF3N3O3. The molecular weight excluding hydrogens is 435 g/mol. The molecule has 0 fully saturated rings. The van der Waals surface area contributed by atoms with Gasteiger partial charge in [0.25, 0.3) is 5.56 Å². The Bertz CT molecular complexity index is 1260. The van der Waals surface area contributed by atoms with Gasteiger partial charge < -0.3 is 5.32 Å². The number of anilines is 1. The van der Waals surface area contributed by atoms with Crippen LogP contribution in [0.3, 0.4) is 0 Å². The number of nitrogens with one attached hydrogen (secondary N) is 1. The molecule has 0 radical (unpaired) electrons. The van der Waals surface area contributed by atoms with E-state index in [4.69, 9.17) is 11.6 Å². The lowest BCUT2D eigenvalue weighted by Crippen LogP contribution is -2.43. The highest BCUT2D eigenvalue weighted by Crippen LogP contribution is 2.33. The molecule has 0 bridgehead atoms. The number of carbonyl (C=O) groups excluding carboxylic acids is 1. The third kappa shape index (κ3) is 4.51. The first kappa shape index (κ1) is 22.6. The van der Waals surface area contributed by atoms with Crippen molar-refractivity contribution < 1.29 is 18.0 Å².